The molecule has 1 heterocycles. The van der Waals surface area contributed by atoms with Gasteiger partial charge in [-0.25, -0.2) is 4.39 Å². The van der Waals surface area contributed by atoms with Crippen LogP contribution >= 0.6 is 11.6 Å². The van der Waals surface area contributed by atoms with Gasteiger partial charge in [-0.3, -0.25) is 4.79 Å². The molecule has 0 spiro atoms. The average Bonchev–Trinajstić information content (AvgIpc) is 2.17. The summed E-state index contributed by atoms with van der Waals surface area (Å²) in [5.74, 6) is -0.224. The second-order valence-electron chi connectivity index (χ2n) is 3.23. The van der Waals surface area contributed by atoms with Crippen molar-refractivity contribution in [3.63, 3.8) is 0 Å². The first-order valence-corrected chi connectivity index (χ1v) is 5.05. The molecule has 1 aromatic carbocycles. The number of carbonyl (C=O) groups excluding carboxylic acids is 1. The molecular formula is C10H9ClFNO2. The molecule has 0 saturated heterocycles. The quantitative estimate of drug-likeness (QED) is 0.787. The van der Waals surface area contributed by atoms with E-state index in [9.17, 15) is 9.18 Å². The van der Waals surface area contributed by atoms with Gasteiger partial charge < -0.3 is 10.1 Å². The van der Waals surface area contributed by atoms with Gasteiger partial charge in [0, 0.05) is 5.88 Å². The molecule has 15 heavy (non-hydrogen) atoms. The summed E-state index contributed by atoms with van der Waals surface area (Å²) in [4.78, 5) is 11.0. The average molecular weight is 230 g/mol. The Bertz CT molecular complexity index is 409. The Hall–Kier alpha value is -1.29. The molecule has 2 rings (SSSR count). The van der Waals surface area contributed by atoms with Crippen molar-refractivity contribution in [1.82, 2.24) is 0 Å². The molecule has 1 N–H and O–H groups in total. The van der Waals surface area contributed by atoms with Gasteiger partial charge in [-0.05, 0) is 24.1 Å². The lowest BCUT2D eigenvalue weighted by Crippen LogP contribution is -2.26. The van der Waals surface area contributed by atoms with E-state index in [4.69, 9.17) is 16.3 Å². The molecule has 0 atom stereocenters. The van der Waals surface area contributed by atoms with Crippen molar-refractivity contribution in [3.05, 3.63) is 23.5 Å². The van der Waals surface area contributed by atoms with Gasteiger partial charge in [0.15, 0.2) is 18.2 Å². The lowest BCUT2D eigenvalue weighted by molar-refractivity contribution is -0.118. The highest BCUT2D eigenvalue weighted by Gasteiger charge is 2.20. The van der Waals surface area contributed by atoms with Gasteiger partial charge in [0.25, 0.3) is 5.91 Å². The van der Waals surface area contributed by atoms with Crippen molar-refractivity contribution in [2.24, 2.45) is 0 Å². The molecule has 0 bridgehead atoms. The number of aryl methyl sites for hydroxylation is 1. The minimum atomic E-state index is -0.465. The Morgan fingerprint density at radius 3 is 3.07 bits per heavy atom. The zero-order valence-electron chi connectivity index (χ0n) is 7.85. The molecule has 0 saturated carbocycles. The van der Waals surface area contributed by atoms with E-state index in [2.05, 4.69) is 5.32 Å². The second-order valence-corrected chi connectivity index (χ2v) is 3.61. The third-order valence-electron chi connectivity index (χ3n) is 2.11. The van der Waals surface area contributed by atoms with Crippen molar-refractivity contribution in [1.29, 1.82) is 0 Å². The highest BCUT2D eigenvalue weighted by atomic mass is 35.5. The SMILES string of the molecule is O=C1COc2c(F)cc(CCCl)cc2N1. The van der Waals surface area contributed by atoms with E-state index in [-0.39, 0.29) is 18.3 Å². The summed E-state index contributed by atoms with van der Waals surface area (Å²) in [5.41, 5.74) is 1.12. The fourth-order valence-electron chi connectivity index (χ4n) is 1.47. The van der Waals surface area contributed by atoms with E-state index >= 15 is 0 Å². The topological polar surface area (TPSA) is 38.3 Å². The fourth-order valence-corrected chi connectivity index (χ4v) is 1.68. The number of benzene rings is 1. The molecule has 1 aromatic rings. The smallest absolute Gasteiger partial charge is 0.262 e. The Kier molecular flexibility index (Phi) is 2.77. The van der Waals surface area contributed by atoms with Crippen LogP contribution in [0.25, 0.3) is 0 Å². The monoisotopic (exact) mass is 229 g/mol. The fraction of sp³-hybridized carbons (Fsp3) is 0.300. The predicted molar refractivity (Wildman–Crippen MR) is 54.9 cm³/mol. The van der Waals surface area contributed by atoms with Crippen molar-refractivity contribution in [2.45, 2.75) is 6.42 Å². The first-order chi connectivity index (χ1) is 7.20. The third-order valence-corrected chi connectivity index (χ3v) is 2.30. The highest BCUT2D eigenvalue weighted by molar-refractivity contribution is 6.18. The summed E-state index contributed by atoms with van der Waals surface area (Å²) >= 11 is 5.56. The molecule has 0 radical (unpaired) electrons. The van der Waals surface area contributed by atoms with Crippen LogP contribution in [0, 0.1) is 5.82 Å². The molecule has 1 aliphatic heterocycles. The summed E-state index contributed by atoms with van der Waals surface area (Å²) in [6.07, 6.45) is 0.557. The number of alkyl halides is 1. The Balaban J connectivity index is 2.39. The zero-order chi connectivity index (χ0) is 10.8. The summed E-state index contributed by atoms with van der Waals surface area (Å²) in [7, 11) is 0. The molecular weight excluding hydrogens is 221 g/mol. The van der Waals surface area contributed by atoms with Gasteiger partial charge in [-0.15, -0.1) is 11.6 Å². The maximum atomic E-state index is 13.5. The summed E-state index contributed by atoms with van der Waals surface area (Å²) in [5, 5.41) is 2.55. The molecule has 0 aliphatic carbocycles. The maximum Gasteiger partial charge on any atom is 0.262 e. The van der Waals surface area contributed by atoms with Crippen molar-refractivity contribution < 1.29 is 13.9 Å². The van der Waals surface area contributed by atoms with Crippen LogP contribution in [0.1, 0.15) is 5.56 Å². The number of ether oxygens (including phenoxy) is 1. The molecule has 5 heteroatoms. The summed E-state index contributed by atoms with van der Waals surface area (Å²) in [6, 6.07) is 3.05. The molecule has 80 valence electrons. The number of rotatable bonds is 2. The summed E-state index contributed by atoms with van der Waals surface area (Å²) in [6.45, 7) is -0.140. The van der Waals surface area contributed by atoms with Crippen LogP contribution in [0.2, 0.25) is 0 Å². The first-order valence-electron chi connectivity index (χ1n) is 4.51. The van der Waals surface area contributed by atoms with E-state index < -0.39 is 5.82 Å². The van der Waals surface area contributed by atoms with Crippen LogP contribution in [0.15, 0.2) is 12.1 Å². The van der Waals surface area contributed by atoms with Crippen LogP contribution in [0.3, 0.4) is 0 Å². The van der Waals surface area contributed by atoms with Crippen LogP contribution in [-0.4, -0.2) is 18.4 Å². The number of anilines is 1. The first kappa shape index (κ1) is 10.2. The van der Waals surface area contributed by atoms with Crippen LogP contribution in [0.5, 0.6) is 5.75 Å². The second kappa shape index (κ2) is 4.06. The number of amides is 1. The normalized spacial score (nSPS) is 14.1. The van der Waals surface area contributed by atoms with Crippen LogP contribution < -0.4 is 10.1 Å². The van der Waals surface area contributed by atoms with Gasteiger partial charge in [-0.2, -0.15) is 0 Å². The Morgan fingerprint density at radius 1 is 1.53 bits per heavy atom. The molecule has 0 aromatic heterocycles. The Morgan fingerprint density at radius 2 is 2.33 bits per heavy atom. The number of halogens is 2. The van der Waals surface area contributed by atoms with Gasteiger partial charge in [0.05, 0.1) is 5.69 Å². The van der Waals surface area contributed by atoms with Crippen LogP contribution in [0.4, 0.5) is 10.1 Å². The van der Waals surface area contributed by atoms with E-state index in [1.807, 2.05) is 0 Å². The molecule has 0 fully saturated rings. The minimum absolute atomic E-state index is 0.105. The predicted octanol–water partition coefficient (Wildman–Crippen LogP) is 1.94. The standard InChI is InChI=1S/C10H9ClFNO2/c11-2-1-6-3-7(12)10-8(4-6)13-9(14)5-15-10/h3-4H,1-2,5H2,(H,13,14). The molecule has 1 amide bonds. The third kappa shape index (κ3) is 2.04. The van der Waals surface area contributed by atoms with Gasteiger partial charge >= 0.3 is 0 Å². The number of hydrogen-bond acceptors (Lipinski definition) is 2. The van der Waals surface area contributed by atoms with E-state index in [1.165, 1.54) is 6.07 Å². The molecule has 3 nitrogen and oxygen atoms in total. The van der Waals surface area contributed by atoms with Crippen molar-refractivity contribution in [3.8, 4) is 5.75 Å². The molecule has 0 unspecified atom stereocenters. The van der Waals surface area contributed by atoms with Crippen molar-refractivity contribution >= 4 is 23.2 Å². The van der Waals surface area contributed by atoms with Crippen molar-refractivity contribution in [2.75, 3.05) is 17.8 Å². The van der Waals surface area contributed by atoms with E-state index in [0.29, 0.717) is 18.0 Å². The number of hydrogen-bond donors (Lipinski definition) is 1. The van der Waals surface area contributed by atoms with E-state index in [0.717, 1.165) is 5.56 Å². The number of fused-ring (bicyclic) bond motifs is 1. The van der Waals surface area contributed by atoms with Gasteiger partial charge in [0.1, 0.15) is 0 Å². The largest absolute Gasteiger partial charge is 0.478 e. The van der Waals surface area contributed by atoms with E-state index in [1.54, 1.807) is 6.07 Å². The van der Waals surface area contributed by atoms with Gasteiger partial charge in [-0.1, -0.05) is 0 Å². The molecule has 1 aliphatic rings. The lowest BCUT2D eigenvalue weighted by atomic mass is 10.1. The maximum absolute atomic E-state index is 13.5. The van der Waals surface area contributed by atoms with Gasteiger partial charge in [0.2, 0.25) is 0 Å². The number of carbonyl (C=O) groups is 1. The minimum Gasteiger partial charge on any atom is -0.478 e. The van der Waals surface area contributed by atoms with Crippen LogP contribution in [-0.2, 0) is 11.2 Å². The number of nitrogens with one attached hydrogen (secondary N) is 1. The highest BCUT2D eigenvalue weighted by Crippen LogP contribution is 2.32. The Labute approximate surface area is 91.2 Å². The lowest BCUT2D eigenvalue weighted by Gasteiger charge is -2.19. The zero-order valence-corrected chi connectivity index (χ0v) is 8.60. The summed E-state index contributed by atoms with van der Waals surface area (Å²) < 4.78 is 18.4.